The topological polar surface area (TPSA) is 77.5 Å². The molecule has 1 saturated heterocycles. The average molecular weight is 403 g/mol. The van der Waals surface area contributed by atoms with Crippen molar-refractivity contribution in [2.45, 2.75) is 77.1 Å². The van der Waals surface area contributed by atoms with Crippen molar-refractivity contribution < 1.29 is 9.90 Å². The van der Waals surface area contributed by atoms with Crippen LogP contribution in [0.1, 0.15) is 58.4 Å². The Balaban J connectivity index is 1.57. The van der Waals surface area contributed by atoms with E-state index in [0.29, 0.717) is 31.5 Å². The third kappa shape index (κ3) is 6.76. The highest BCUT2D eigenvalue weighted by Crippen LogP contribution is 2.38. The predicted octanol–water partition coefficient (Wildman–Crippen LogP) is 2.33. The Labute approximate surface area is 175 Å². The summed E-state index contributed by atoms with van der Waals surface area (Å²) in [5, 5.41) is 17.2. The van der Waals surface area contributed by atoms with Gasteiger partial charge in [-0.15, -0.1) is 0 Å². The summed E-state index contributed by atoms with van der Waals surface area (Å²) < 4.78 is 0. The Bertz CT molecular complexity index is 646. The standard InChI is InChI=1S/C23H38N4O2/c1-23(2,3)26-22(29)21-12-18-6-4-5-7-19(18)15-27(21)16-20(28)14-25-13-17-8-10-24-11-9-17/h8-11,18-21,25,28H,4-7,12-16H2,1-3H3,(H,26,29)/t18-,19+,20+,21-/m0/s1. The summed E-state index contributed by atoms with van der Waals surface area (Å²) in [5.41, 5.74) is 0.911. The number of rotatable bonds is 7. The van der Waals surface area contributed by atoms with Gasteiger partial charge in [-0.2, -0.15) is 0 Å². The van der Waals surface area contributed by atoms with E-state index >= 15 is 0 Å². The van der Waals surface area contributed by atoms with Crippen LogP contribution < -0.4 is 10.6 Å². The van der Waals surface area contributed by atoms with E-state index in [0.717, 1.165) is 18.5 Å². The second kappa shape index (κ2) is 10.0. The summed E-state index contributed by atoms with van der Waals surface area (Å²) in [6.45, 7) is 8.76. The Morgan fingerprint density at radius 1 is 1.24 bits per heavy atom. The smallest absolute Gasteiger partial charge is 0.237 e. The number of nitrogens with one attached hydrogen (secondary N) is 2. The van der Waals surface area contributed by atoms with Crippen LogP contribution >= 0.6 is 0 Å². The van der Waals surface area contributed by atoms with Gasteiger partial charge in [0, 0.05) is 44.1 Å². The lowest BCUT2D eigenvalue weighted by Gasteiger charge is -2.46. The van der Waals surface area contributed by atoms with Crippen LogP contribution in [0.4, 0.5) is 0 Å². The zero-order valence-corrected chi connectivity index (χ0v) is 18.2. The average Bonchev–Trinajstić information content (AvgIpc) is 2.67. The molecule has 1 aromatic rings. The molecule has 2 aliphatic rings. The van der Waals surface area contributed by atoms with E-state index in [-0.39, 0.29) is 17.5 Å². The maximum atomic E-state index is 13.0. The number of carbonyl (C=O) groups is 1. The van der Waals surface area contributed by atoms with Gasteiger partial charge in [0.05, 0.1) is 12.1 Å². The highest BCUT2D eigenvalue weighted by molar-refractivity contribution is 5.82. The van der Waals surface area contributed by atoms with Gasteiger partial charge in [-0.25, -0.2) is 0 Å². The van der Waals surface area contributed by atoms with E-state index in [2.05, 4.69) is 20.5 Å². The number of likely N-dealkylation sites (tertiary alicyclic amines) is 1. The van der Waals surface area contributed by atoms with Crippen molar-refractivity contribution in [1.82, 2.24) is 20.5 Å². The number of aliphatic hydroxyl groups is 1. The Kier molecular flexibility index (Phi) is 7.66. The summed E-state index contributed by atoms with van der Waals surface area (Å²) in [5.74, 6) is 1.43. The van der Waals surface area contributed by atoms with Crippen molar-refractivity contribution in [1.29, 1.82) is 0 Å². The van der Waals surface area contributed by atoms with Crippen molar-refractivity contribution in [3.8, 4) is 0 Å². The van der Waals surface area contributed by atoms with Crippen molar-refractivity contribution in [2.24, 2.45) is 11.8 Å². The zero-order valence-electron chi connectivity index (χ0n) is 18.2. The van der Waals surface area contributed by atoms with Crippen molar-refractivity contribution in [3.63, 3.8) is 0 Å². The largest absolute Gasteiger partial charge is 0.390 e. The number of aliphatic hydroxyl groups excluding tert-OH is 1. The summed E-state index contributed by atoms with van der Waals surface area (Å²) in [4.78, 5) is 19.3. The molecule has 0 unspecified atom stereocenters. The number of aromatic nitrogens is 1. The molecule has 1 saturated carbocycles. The van der Waals surface area contributed by atoms with E-state index in [4.69, 9.17) is 0 Å². The SMILES string of the molecule is CC(C)(C)NC(=O)[C@@H]1C[C@@H]2CCCC[C@@H]2CN1C[C@H](O)CNCc1ccncc1. The normalized spacial score (nSPS) is 26.6. The number of hydrogen-bond acceptors (Lipinski definition) is 5. The van der Waals surface area contributed by atoms with Gasteiger partial charge in [0.2, 0.25) is 5.91 Å². The first kappa shape index (κ1) is 22.2. The van der Waals surface area contributed by atoms with Gasteiger partial charge in [-0.05, 0) is 63.1 Å². The van der Waals surface area contributed by atoms with Gasteiger partial charge in [0.25, 0.3) is 0 Å². The van der Waals surface area contributed by atoms with Crippen LogP contribution in [0.3, 0.4) is 0 Å². The van der Waals surface area contributed by atoms with E-state index in [1.54, 1.807) is 12.4 Å². The molecule has 0 spiro atoms. The Hall–Kier alpha value is -1.50. The third-order valence-corrected chi connectivity index (χ3v) is 6.21. The molecule has 2 heterocycles. The maximum absolute atomic E-state index is 13.0. The van der Waals surface area contributed by atoms with Crippen LogP contribution in [-0.4, -0.2) is 58.2 Å². The number of fused-ring (bicyclic) bond motifs is 1. The monoisotopic (exact) mass is 402 g/mol. The molecule has 0 radical (unpaired) electrons. The van der Waals surface area contributed by atoms with Crippen LogP contribution in [0, 0.1) is 11.8 Å². The lowest BCUT2D eigenvalue weighted by atomic mass is 9.72. The lowest BCUT2D eigenvalue weighted by Crippen LogP contribution is -2.59. The van der Waals surface area contributed by atoms with Gasteiger partial charge >= 0.3 is 0 Å². The van der Waals surface area contributed by atoms with Crippen LogP contribution in [0.25, 0.3) is 0 Å². The summed E-state index contributed by atoms with van der Waals surface area (Å²) >= 11 is 0. The molecule has 1 amide bonds. The molecular formula is C23H38N4O2. The number of hydrogen-bond donors (Lipinski definition) is 3. The van der Waals surface area contributed by atoms with Gasteiger partial charge in [0.15, 0.2) is 0 Å². The van der Waals surface area contributed by atoms with Gasteiger partial charge in [-0.1, -0.05) is 19.3 Å². The van der Waals surface area contributed by atoms with Crippen molar-refractivity contribution in [3.05, 3.63) is 30.1 Å². The van der Waals surface area contributed by atoms with Crippen LogP contribution in [0.15, 0.2) is 24.5 Å². The Morgan fingerprint density at radius 3 is 2.62 bits per heavy atom. The third-order valence-electron chi connectivity index (χ3n) is 6.21. The van der Waals surface area contributed by atoms with E-state index in [1.807, 2.05) is 32.9 Å². The second-order valence-corrected chi connectivity index (χ2v) is 9.89. The molecule has 1 aliphatic carbocycles. The number of β-amino-alcohol motifs (C(OH)–C–C–N with tert-alkyl or cyclic N) is 1. The molecule has 0 bridgehead atoms. The summed E-state index contributed by atoms with van der Waals surface area (Å²) in [6, 6.07) is 3.81. The van der Waals surface area contributed by atoms with Crippen LogP contribution in [0.5, 0.6) is 0 Å². The predicted molar refractivity (Wildman–Crippen MR) is 115 cm³/mol. The fraction of sp³-hybridized carbons (Fsp3) is 0.739. The Morgan fingerprint density at radius 2 is 1.93 bits per heavy atom. The van der Waals surface area contributed by atoms with E-state index < -0.39 is 6.10 Å². The first-order chi connectivity index (χ1) is 13.8. The second-order valence-electron chi connectivity index (χ2n) is 9.89. The quantitative estimate of drug-likeness (QED) is 0.653. The fourth-order valence-electron chi connectivity index (χ4n) is 4.85. The minimum atomic E-state index is -0.498. The first-order valence-corrected chi connectivity index (χ1v) is 11.2. The maximum Gasteiger partial charge on any atom is 0.237 e. The zero-order chi connectivity index (χ0) is 20.9. The molecule has 4 atom stereocenters. The van der Waals surface area contributed by atoms with Gasteiger partial charge in [0.1, 0.15) is 0 Å². The molecule has 3 rings (SSSR count). The van der Waals surface area contributed by atoms with E-state index in [1.165, 1.54) is 25.7 Å². The minimum Gasteiger partial charge on any atom is -0.390 e. The molecule has 6 nitrogen and oxygen atoms in total. The molecule has 162 valence electrons. The molecular weight excluding hydrogens is 364 g/mol. The lowest BCUT2D eigenvalue weighted by molar-refractivity contribution is -0.132. The minimum absolute atomic E-state index is 0.110. The van der Waals surface area contributed by atoms with Crippen LogP contribution in [-0.2, 0) is 11.3 Å². The van der Waals surface area contributed by atoms with Crippen molar-refractivity contribution in [2.75, 3.05) is 19.6 Å². The molecule has 6 heteroatoms. The van der Waals surface area contributed by atoms with Crippen molar-refractivity contribution >= 4 is 5.91 Å². The number of pyridine rings is 1. The number of amides is 1. The van der Waals surface area contributed by atoms with Crippen LogP contribution in [0.2, 0.25) is 0 Å². The van der Waals surface area contributed by atoms with Gasteiger partial charge in [-0.3, -0.25) is 14.7 Å². The summed E-state index contributed by atoms with van der Waals surface area (Å²) in [6.07, 6.45) is 9.06. The van der Waals surface area contributed by atoms with Gasteiger partial charge < -0.3 is 15.7 Å². The fourth-order valence-corrected chi connectivity index (χ4v) is 4.85. The molecule has 29 heavy (non-hydrogen) atoms. The number of carbonyl (C=O) groups excluding carboxylic acids is 1. The first-order valence-electron chi connectivity index (χ1n) is 11.2. The highest BCUT2D eigenvalue weighted by atomic mass is 16.3. The molecule has 1 aromatic heterocycles. The molecule has 3 N–H and O–H groups in total. The summed E-state index contributed by atoms with van der Waals surface area (Å²) in [7, 11) is 0. The molecule has 2 fully saturated rings. The highest BCUT2D eigenvalue weighted by Gasteiger charge is 2.40. The molecule has 1 aliphatic heterocycles. The number of piperidine rings is 1. The molecule has 0 aromatic carbocycles. The van der Waals surface area contributed by atoms with E-state index in [9.17, 15) is 9.90 Å². The number of nitrogens with zero attached hydrogens (tertiary/aromatic N) is 2.